The lowest BCUT2D eigenvalue weighted by Gasteiger charge is -2.31. The third-order valence-electron chi connectivity index (χ3n) is 4.62. The molecule has 1 aliphatic rings. The molecule has 2 heterocycles. The average molecular weight is 283 g/mol. The number of hydrogen-bond donors (Lipinski definition) is 1. The van der Waals surface area contributed by atoms with Crippen molar-refractivity contribution in [3.05, 3.63) is 48.3 Å². The molecule has 1 aromatic carbocycles. The zero-order valence-corrected chi connectivity index (χ0v) is 12.5. The number of hydrogen-bond acceptors (Lipinski definition) is 3. The van der Waals surface area contributed by atoms with Crippen molar-refractivity contribution < 1.29 is 4.79 Å². The van der Waals surface area contributed by atoms with Gasteiger partial charge in [0, 0.05) is 6.54 Å². The highest BCUT2D eigenvalue weighted by Gasteiger charge is 2.45. The molecule has 4 nitrogen and oxygen atoms in total. The van der Waals surface area contributed by atoms with Crippen LogP contribution in [0.4, 0.5) is 0 Å². The van der Waals surface area contributed by atoms with Crippen LogP contribution >= 0.6 is 0 Å². The van der Waals surface area contributed by atoms with E-state index >= 15 is 0 Å². The van der Waals surface area contributed by atoms with E-state index in [1.807, 2.05) is 36.4 Å². The Morgan fingerprint density at radius 1 is 1.29 bits per heavy atom. The Labute approximate surface area is 125 Å². The molecular weight excluding hydrogens is 262 g/mol. The maximum absolute atomic E-state index is 13.2. The Morgan fingerprint density at radius 3 is 2.67 bits per heavy atom. The van der Waals surface area contributed by atoms with Crippen LogP contribution in [0.3, 0.4) is 0 Å². The molecule has 1 fully saturated rings. The van der Waals surface area contributed by atoms with Crippen molar-refractivity contribution in [1.29, 1.82) is 0 Å². The molecular formula is C17H21N3O. The summed E-state index contributed by atoms with van der Waals surface area (Å²) in [6.07, 6.45) is 2.60. The van der Waals surface area contributed by atoms with Gasteiger partial charge in [-0.3, -0.25) is 4.79 Å². The van der Waals surface area contributed by atoms with Gasteiger partial charge in [-0.15, -0.1) is 0 Å². The standard InChI is InChI=1S/C17H21N3O/c1-13(2)17(9-11-18-12-17)16(21)15-8-10-19-20(15)14-6-4-3-5-7-14/h3-8,10,13,18H,9,11-12H2,1-2H3. The average Bonchev–Trinajstić information content (AvgIpc) is 3.17. The van der Waals surface area contributed by atoms with Gasteiger partial charge in [0.1, 0.15) is 5.69 Å². The molecule has 0 bridgehead atoms. The van der Waals surface area contributed by atoms with Crippen molar-refractivity contribution in [2.24, 2.45) is 11.3 Å². The number of carbonyl (C=O) groups is 1. The SMILES string of the molecule is CC(C)C1(C(=O)c2ccnn2-c2ccccc2)CCNC1. The molecule has 0 aliphatic carbocycles. The highest BCUT2D eigenvalue weighted by molar-refractivity contribution is 6.00. The van der Waals surface area contributed by atoms with Crippen LogP contribution in [-0.2, 0) is 0 Å². The largest absolute Gasteiger partial charge is 0.316 e. The van der Waals surface area contributed by atoms with Crippen LogP contribution in [0.1, 0.15) is 30.8 Å². The second-order valence-corrected chi connectivity index (χ2v) is 6.03. The quantitative estimate of drug-likeness (QED) is 0.878. The number of nitrogens with one attached hydrogen (secondary N) is 1. The van der Waals surface area contributed by atoms with Crippen LogP contribution in [0.2, 0.25) is 0 Å². The maximum Gasteiger partial charge on any atom is 0.189 e. The van der Waals surface area contributed by atoms with Crippen molar-refractivity contribution in [2.45, 2.75) is 20.3 Å². The zero-order valence-electron chi connectivity index (χ0n) is 12.5. The molecule has 4 heteroatoms. The Morgan fingerprint density at radius 2 is 2.05 bits per heavy atom. The summed E-state index contributed by atoms with van der Waals surface area (Å²) in [5.41, 5.74) is 1.29. The van der Waals surface area contributed by atoms with E-state index in [0.717, 1.165) is 25.2 Å². The minimum absolute atomic E-state index is 0.198. The molecule has 1 aromatic heterocycles. The second-order valence-electron chi connectivity index (χ2n) is 6.03. The van der Waals surface area contributed by atoms with E-state index in [4.69, 9.17) is 0 Å². The van der Waals surface area contributed by atoms with E-state index < -0.39 is 0 Å². The first kappa shape index (κ1) is 14.0. The molecule has 1 atom stereocenters. The number of para-hydroxylation sites is 1. The number of Topliss-reactive ketones (excluding diaryl/α,β-unsaturated/α-hetero) is 1. The van der Waals surface area contributed by atoms with Crippen molar-refractivity contribution in [3.63, 3.8) is 0 Å². The van der Waals surface area contributed by atoms with Gasteiger partial charge in [0.25, 0.3) is 0 Å². The molecule has 0 amide bonds. The minimum Gasteiger partial charge on any atom is -0.316 e. The third kappa shape index (κ3) is 2.29. The van der Waals surface area contributed by atoms with Crippen LogP contribution in [0.25, 0.3) is 5.69 Å². The van der Waals surface area contributed by atoms with Gasteiger partial charge in [-0.1, -0.05) is 32.0 Å². The number of carbonyl (C=O) groups excluding carboxylic acids is 1. The number of benzene rings is 1. The van der Waals surface area contributed by atoms with E-state index in [9.17, 15) is 4.79 Å². The number of rotatable bonds is 4. The maximum atomic E-state index is 13.2. The molecule has 1 saturated heterocycles. The van der Waals surface area contributed by atoms with Crippen LogP contribution in [0.15, 0.2) is 42.6 Å². The Balaban J connectivity index is 2.02. The highest BCUT2D eigenvalue weighted by Crippen LogP contribution is 2.37. The molecule has 3 rings (SSSR count). The van der Waals surface area contributed by atoms with Gasteiger partial charge in [-0.25, -0.2) is 4.68 Å². The second kappa shape index (κ2) is 5.45. The van der Waals surface area contributed by atoms with Crippen molar-refractivity contribution in [2.75, 3.05) is 13.1 Å². The smallest absolute Gasteiger partial charge is 0.189 e. The molecule has 1 unspecified atom stereocenters. The number of nitrogens with zero attached hydrogens (tertiary/aromatic N) is 2. The minimum atomic E-state index is -0.313. The molecule has 0 saturated carbocycles. The zero-order chi connectivity index (χ0) is 14.9. The fraction of sp³-hybridized carbons (Fsp3) is 0.412. The summed E-state index contributed by atoms with van der Waals surface area (Å²) in [6.45, 7) is 5.93. The molecule has 0 spiro atoms. The lowest BCUT2D eigenvalue weighted by molar-refractivity contribution is 0.0731. The monoisotopic (exact) mass is 283 g/mol. The number of aromatic nitrogens is 2. The predicted octanol–water partition coefficient (Wildman–Crippen LogP) is 2.69. The van der Waals surface area contributed by atoms with E-state index in [1.54, 1.807) is 10.9 Å². The summed E-state index contributed by atoms with van der Waals surface area (Å²) in [6, 6.07) is 11.7. The van der Waals surface area contributed by atoms with Crippen molar-refractivity contribution >= 4 is 5.78 Å². The fourth-order valence-electron chi connectivity index (χ4n) is 3.17. The molecule has 21 heavy (non-hydrogen) atoms. The topological polar surface area (TPSA) is 46.9 Å². The van der Waals surface area contributed by atoms with Gasteiger partial charge < -0.3 is 5.32 Å². The molecule has 2 aromatic rings. The normalized spacial score (nSPS) is 21.9. The molecule has 110 valence electrons. The van der Waals surface area contributed by atoms with E-state index in [1.165, 1.54) is 0 Å². The first-order chi connectivity index (χ1) is 10.1. The molecule has 1 N–H and O–H groups in total. The van der Waals surface area contributed by atoms with E-state index in [2.05, 4.69) is 24.3 Å². The van der Waals surface area contributed by atoms with Gasteiger partial charge in [0.15, 0.2) is 5.78 Å². The third-order valence-corrected chi connectivity index (χ3v) is 4.62. The van der Waals surface area contributed by atoms with Gasteiger partial charge in [-0.05, 0) is 37.1 Å². The highest BCUT2D eigenvalue weighted by atomic mass is 16.1. The molecule has 1 aliphatic heterocycles. The van der Waals surface area contributed by atoms with E-state index in [0.29, 0.717) is 11.6 Å². The van der Waals surface area contributed by atoms with Crippen molar-refractivity contribution in [1.82, 2.24) is 15.1 Å². The Bertz CT molecular complexity index is 624. The summed E-state index contributed by atoms with van der Waals surface area (Å²) in [5, 5.41) is 7.69. The van der Waals surface area contributed by atoms with Crippen molar-refractivity contribution in [3.8, 4) is 5.69 Å². The summed E-state index contributed by atoms with van der Waals surface area (Å²) in [7, 11) is 0. The van der Waals surface area contributed by atoms with Crippen LogP contribution < -0.4 is 5.32 Å². The summed E-state index contributed by atoms with van der Waals surface area (Å²) in [5.74, 6) is 0.503. The first-order valence-electron chi connectivity index (χ1n) is 7.50. The summed E-state index contributed by atoms with van der Waals surface area (Å²) >= 11 is 0. The van der Waals surface area contributed by atoms with Gasteiger partial charge >= 0.3 is 0 Å². The fourth-order valence-corrected chi connectivity index (χ4v) is 3.17. The van der Waals surface area contributed by atoms with Gasteiger partial charge in [-0.2, -0.15) is 5.10 Å². The van der Waals surface area contributed by atoms with Crippen LogP contribution in [-0.4, -0.2) is 28.7 Å². The van der Waals surface area contributed by atoms with Crippen LogP contribution in [0.5, 0.6) is 0 Å². The molecule has 0 radical (unpaired) electrons. The van der Waals surface area contributed by atoms with Crippen LogP contribution in [0, 0.1) is 11.3 Å². The van der Waals surface area contributed by atoms with Gasteiger partial charge in [0.2, 0.25) is 0 Å². The first-order valence-corrected chi connectivity index (χ1v) is 7.50. The lowest BCUT2D eigenvalue weighted by atomic mass is 9.72. The Hall–Kier alpha value is -1.94. The predicted molar refractivity (Wildman–Crippen MR) is 82.7 cm³/mol. The van der Waals surface area contributed by atoms with E-state index in [-0.39, 0.29) is 11.2 Å². The summed E-state index contributed by atoms with van der Waals surface area (Å²) < 4.78 is 1.75. The summed E-state index contributed by atoms with van der Waals surface area (Å²) in [4.78, 5) is 13.2. The number of ketones is 1. The lowest BCUT2D eigenvalue weighted by Crippen LogP contribution is -2.39. The Kier molecular flexibility index (Phi) is 3.64. The van der Waals surface area contributed by atoms with Gasteiger partial charge in [0.05, 0.1) is 17.3 Å².